The van der Waals surface area contributed by atoms with Crippen molar-refractivity contribution in [2.75, 3.05) is 6.61 Å². The standard InChI is InChI=1S/C22H34O/c1-3-5-6-7-8-19-9-11-20(12-10-19)13-14-21-15-17-22(18-16-21)23-4-2/h11,15-19H,3-10,12-14H2,1-2H3. The highest BCUT2D eigenvalue weighted by Crippen LogP contribution is 2.30. The molecule has 1 aromatic rings. The zero-order valence-corrected chi connectivity index (χ0v) is 15.2. The van der Waals surface area contributed by atoms with Crippen LogP contribution in [0.4, 0.5) is 0 Å². The lowest BCUT2D eigenvalue weighted by Gasteiger charge is -2.22. The number of unbranched alkanes of at least 4 members (excludes halogenated alkanes) is 3. The molecule has 1 atom stereocenters. The summed E-state index contributed by atoms with van der Waals surface area (Å²) in [4.78, 5) is 0. The Morgan fingerprint density at radius 1 is 1.00 bits per heavy atom. The van der Waals surface area contributed by atoms with Crippen LogP contribution in [0, 0.1) is 5.92 Å². The summed E-state index contributed by atoms with van der Waals surface area (Å²) in [6, 6.07) is 8.62. The fourth-order valence-corrected chi connectivity index (χ4v) is 3.52. The Labute approximate surface area is 143 Å². The van der Waals surface area contributed by atoms with E-state index in [0.717, 1.165) is 18.3 Å². The molecule has 1 aromatic carbocycles. The monoisotopic (exact) mass is 314 g/mol. The van der Waals surface area contributed by atoms with Crippen LogP contribution in [0.1, 0.15) is 77.2 Å². The molecule has 128 valence electrons. The maximum Gasteiger partial charge on any atom is 0.119 e. The van der Waals surface area contributed by atoms with Gasteiger partial charge in [-0.05, 0) is 62.6 Å². The van der Waals surface area contributed by atoms with Gasteiger partial charge in [0.05, 0.1) is 6.61 Å². The van der Waals surface area contributed by atoms with Crippen LogP contribution in [-0.2, 0) is 6.42 Å². The summed E-state index contributed by atoms with van der Waals surface area (Å²) in [5, 5.41) is 0. The molecule has 0 radical (unpaired) electrons. The van der Waals surface area contributed by atoms with Gasteiger partial charge in [-0.1, -0.05) is 62.8 Å². The van der Waals surface area contributed by atoms with Crippen molar-refractivity contribution in [1.29, 1.82) is 0 Å². The first-order chi connectivity index (χ1) is 11.3. The molecule has 1 aliphatic carbocycles. The minimum Gasteiger partial charge on any atom is -0.494 e. The third-order valence-corrected chi connectivity index (χ3v) is 5.05. The van der Waals surface area contributed by atoms with E-state index in [1.807, 2.05) is 6.92 Å². The van der Waals surface area contributed by atoms with Crippen LogP contribution >= 0.6 is 0 Å². The summed E-state index contributed by atoms with van der Waals surface area (Å²) in [6.07, 6.45) is 16.1. The third kappa shape index (κ3) is 6.81. The quantitative estimate of drug-likeness (QED) is 0.344. The van der Waals surface area contributed by atoms with Gasteiger partial charge in [0, 0.05) is 0 Å². The van der Waals surface area contributed by atoms with Crippen molar-refractivity contribution in [3.63, 3.8) is 0 Å². The number of allylic oxidation sites excluding steroid dienone is 2. The van der Waals surface area contributed by atoms with Gasteiger partial charge in [0.2, 0.25) is 0 Å². The van der Waals surface area contributed by atoms with Crippen molar-refractivity contribution >= 4 is 0 Å². The highest BCUT2D eigenvalue weighted by molar-refractivity contribution is 5.28. The molecule has 0 saturated heterocycles. The first kappa shape index (κ1) is 18.1. The second-order valence-corrected chi connectivity index (χ2v) is 6.93. The van der Waals surface area contributed by atoms with Crippen LogP contribution in [0.3, 0.4) is 0 Å². The fourth-order valence-electron chi connectivity index (χ4n) is 3.52. The highest BCUT2D eigenvalue weighted by Gasteiger charge is 2.14. The Morgan fingerprint density at radius 2 is 1.83 bits per heavy atom. The lowest BCUT2D eigenvalue weighted by Crippen LogP contribution is -2.06. The third-order valence-electron chi connectivity index (χ3n) is 5.05. The van der Waals surface area contributed by atoms with Crippen LogP contribution in [0.2, 0.25) is 0 Å². The Hall–Kier alpha value is -1.24. The first-order valence-electron chi connectivity index (χ1n) is 9.71. The van der Waals surface area contributed by atoms with Gasteiger partial charge in [-0.3, -0.25) is 0 Å². The van der Waals surface area contributed by atoms with Crippen LogP contribution in [0.25, 0.3) is 0 Å². The molecule has 1 heteroatoms. The van der Waals surface area contributed by atoms with Crippen molar-refractivity contribution in [2.45, 2.75) is 78.1 Å². The van der Waals surface area contributed by atoms with Gasteiger partial charge in [-0.15, -0.1) is 0 Å². The van der Waals surface area contributed by atoms with Crippen molar-refractivity contribution in [2.24, 2.45) is 5.92 Å². The minimum atomic E-state index is 0.742. The maximum atomic E-state index is 5.50. The van der Waals surface area contributed by atoms with E-state index < -0.39 is 0 Å². The van der Waals surface area contributed by atoms with Crippen molar-refractivity contribution in [1.82, 2.24) is 0 Å². The Morgan fingerprint density at radius 3 is 2.48 bits per heavy atom. The predicted octanol–water partition coefficient (Wildman–Crippen LogP) is 6.71. The molecule has 0 N–H and O–H groups in total. The Kier molecular flexibility index (Phi) is 8.28. The molecular formula is C22H34O. The summed E-state index contributed by atoms with van der Waals surface area (Å²) in [7, 11) is 0. The molecule has 2 rings (SSSR count). The molecular weight excluding hydrogens is 280 g/mol. The molecule has 0 aliphatic heterocycles. The van der Waals surface area contributed by atoms with Crippen molar-refractivity contribution in [3.05, 3.63) is 41.5 Å². The number of benzene rings is 1. The van der Waals surface area contributed by atoms with E-state index in [1.165, 1.54) is 69.8 Å². The smallest absolute Gasteiger partial charge is 0.119 e. The first-order valence-corrected chi connectivity index (χ1v) is 9.71. The molecule has 0 saturated carbocycles. The summed E-state index contributed by atoms with van der Waals surface area (Å²) in [5.41, 5.74) is 3.11. The molecule has 0 heterocycles. The van der Waals surface area contributed by atoms with Gasteiger partial charge in [0.25, 0.3) is 0 Å². The van der Waals surface area contributed by atoms with Gasteiger partial charge in [-0.2, -0.15) is 0 Å². The molecule has 1 aliphatic rings. The number of hydrogen-bond donors (Lipinski definition) is 0. The topological polar surface area (TPSA) is 9.23 Å². The van der Waals surface area contributed by atoms with Gasteiger partial charge < -0.3 is 4.74 Å². The number of hydrogen-bond acceptors (Lipinski definition) is 1. The zero-order chi connectivity index (χ0) is 16.3. The largest absolute Gasteiger partial charge is 0.494 e. The summed E-state index contributed by atoms with van der Waals surface area (Å²) in [6.45, 7) is 5.06. The summed E-state index contributed by atoms with van der Waals surface area (Å²) >= 11 is 0. The van der Waals surface area contributed by atoms with E-state index >= 15 is 0 Å². The van der Waals surface area contributed by atoms with E-state index in [-0.39, 0.29) is 0 Å². The van der Waals surface area contributed by atoms with Crippen LogP contribution in [0.5, 0.6) is 5.75 Å². The second-order valence-electron chi connectivity index (χ2n) is 6.93. The molecule has 1 nitrogen and oxygen atoms in total. The predicted molar refractivity (Wildman–Crippen MR) is 100 cm³/mol. The minimum absolute atomic E-state index is 0.742. The zero-order valence-electron chi connectivity index (χ0n) is 15.2. The van der Waals surface area contributed by atoms with E-state index in [9.17, 15) is 0 Å². The molecule has 23 heavy (non-hydrogen) atoms. The number of rotatable bonds is 10. The molecule has 0 aromatic heterocycles. The highest BCUT2D eigenvalue weighted by atomic mass is 16.5. The van der Waals surface area contributed by atoms with Crippen molar-refractivity contribution in [3.8, 4) is 5.75 Å². The fraction of sp³-hybridized carbons (Fsp3) is 0.636. The van der Waals surface area contributed by atoms with E-state index in [1.54, 1.807) is 5.57 Å². The second kappa shape index (κ2) is 10.5. The van der Waals surface area contributed by atoms with Crippen LogP contribution < -0.4 is 4.74 Å². The Balaban J connectivity index is 1.67. The normalized spacial score (nSPS) is 17.8. The SMILES string of the molecule is CCCCCCC1CC=C(CCc2ccc(OCC)cc2)CC1. The Bertz CT molecular complexity index is 457. The number of ether oxygens (including phenoxy) is 1. The van der Waals surface area contributed by atoms with E-state index in [2.05, 4.69) is 37.3 Å². The van der Waals surface area contributed by atoms with Crippen molar-refractivity contribution < 1.29 is 4.74 Å². The van der Waals surface area contributed by atoms with E-state index in [0.29, 0.717) is 0 Å². The average molecular weight is 315 g/mol. The molecule has 1 unspecified atom stereocenters. The van der Waals surface area contributed by atoms with Gasteiger partial charge in [-0.25, -0.2) is 0 Å². The van der Waals surface area contributed by atoms with Gasteiger partial charge in [0.15, 0.2) is 0 Å². The van der Waals surface area contributed by atoms with Gasteiger partial charge in [0.1, 0.15) is 5.75 Å². The summed E-state index contributed by atoms with van der Waals surface area (Å²) in [5.74, 6) is 1.94. The molecule has 0 fully saturated rings. The average Bonchev–Trinajstić information content (AvgIpc) is 2.59. The van der Waals surface area contributed by atoms with Crippen LogP contribution in [0.15, 0.2) is 35.9 Å². The van der Waals surface area contributed by atoms with E-state index in [4.69, 9.17) is 4.74 Å². The lowest BCUT2D eigenvalue weighted by molar-refractivity contribution is 0.340. The molecule has 0 spiro atoms. The molecule has 0 amide bonds. The van der Waals surface area contributed by atoms with Crippen LogP contribution in [-0.4, -0.2) is 6.61 Å². The molecule has 0 bridgehead atoms. The summed E-state index contributed by atoms with van der Waals surface area (Å²) < 4.78 is 5.50. The van der Waals surface area contributed by atoms with Gasteiger partial charge >= 0.3 is 0 Å². The number of aryl methyl sites for hydroxylation is 1. The lowest BCUT2D eigenvalue weighted by atomic mass is 9.84. The maximum absolute atomic E-state index is 5.50.